The highest BCUT2D eigenvalue weighted by atomic mass is 16.5. The number of rotatable bonds is 12. The normalized spacial score (nSPS) is 11.2. The second-order valence-corrected chi connectivity index (χ2v) is 4.66. The lowest BCUT2D eigenvalue weighted by Crippen LogP contribution is -2.12. The lowest BCUT2D eigenvalue weighted by molar-refractivity contribution is 0.0620. The van der Waals surface area contributed by atoms with E-state index >= 15 is 0 Å². The van der Waals surface area contributed by atoms with Crippen molar-refractivity contribution < 1.29 is 9.84 Å². The molecule has 0 bridgehead atoms. The van der Waals surface area contributed by atoms with Crippen molar-refractivity contribution in [2.45, 2.75) is 65.2 Å². The van der Waals surface area contributed by atoms with E-state index in [1.165, 1.54) is 51.4 Å². The lowest BCUT2D eigenvalue weighted by atomic mass is 9.96. The fourth-order valence-corrected chi connectivity index (χ4v) is 1.99. The fraction of sp³-hybridized carbons (Fsp3) is 1.00. The molecule has 0 aromatic carbocycles. The van der Waals surface area contributed by atoms with Gasteiger partial charge in [-0.05, 0) is 18.8 Å². The summed E-state index contributed by atoms with van der Waals surface area (Å²) in [5, 5.41) is 8.68. The molecule has 0 unspecified atom stereocenters. The zero-order chi connectivity index (χ0) is 12.1. The van der Waals surface area contributed by atoms with Gasteiger partial charge in [0.15, 0.2) is 0 Å². The van der Waals surface area contributed by atoms with Crippen molar-refractivity contribution in [2.24, 2.45) is 5.92 Å². The van der Waals surface area contributed by atoms with Gasteiger partial charge in [-0.15, -0.1) is 0 Å². The zero-order valence-electron chi connectivity index (χ0n) is 11.2. The van der Waals surface area contributed by atoms with E-state index in [1.807, 2.05) is 0 Å². The van der Waals surface area contributed by atoms with E-state index in [2.05, 4.69) is 13.8 Å². The van der Waals surface area contributed by atoms with E-state index in [-0.39, 0.29) is 6.61 Å². The van der Waals surface area contributed by atoms with Gasteiger partial charge in [-0.25, -0.2) is 0 Å². The Balaban J connectivity index is 3.58. The molecule has 0 saturated heterocycles. The Morgan fingerprint density at radius 2 is 1.50 bits per heavy atom. The Bertz CT molecular complexity index is 102. The third-order valence-electron chi connectivity index (χ3n) is 3.02. The van der Waals surface area contributed by atoms with Crippen LogP contribution in [0.1, 0.15) is 65.2 Å². The molecule has 0 aliphatic heterocycles. The minimum absolute atomic E-state index is 0.149. The second kappa shape index (κ2) is 13.0. The summed E-state index contributed by atoms with van der Waals surface area (Å²) in [5.41, 5.74) is 0. The lowest BCUT2D eigenvalue weighted by Gasteiger charge is -2.16. The summed E-state index contributed by atoms with van der Waals surface area (Å²) in [6, 6.07) is 0. The van der Waals surface area contributed by atoms with E-state index < -0.39 is 0 Å². The highest BCUT2D eigenvalue weighted by Crippen LogP contribution is 2.17. The molecule has 0 rings (SSSR count). The van der Waals surface area contributed by atoms with Gasteiger partial charge in [-0.2, -0.15) is 0 Å². The number of aliphatic hydroxyl groups is 1. The van der Waals surface area contributed by atoms with E-state index in [4.69, 9.17) is 9.84 Å². The molecule has 0 aliphatic rings. The van der Waals surface area contributed by atoms with Gasteiger partial charge in [-0.1, -0.05) is 52.4 Å². The second-order valence-electron chi connectivity index (χ2n) is 4.66. The molecule has 0 fully saturated rings. The molecule has 0 amide bonds. The highest BCUT2D eigenvalue weighted by Gasteiger charge is 2.08. The molecule has 0 saturated carbocycles. The van der Waals surface area contributed by atoms with Crippen LogP contribution in [0, 0.1) is 5.92 Å². The molecule has 0 aromatic heterocycles. The van der Waals surface area contributed by atoms with Crippen LogP contribution in [0.25, 0.3) is 0 Å². The monoisotopic (exact) mass is 230 g/mol. The van der Waals surface area contributed by atoms with Crippen LogP contribution in [0.4, 0.5) is 0 Å². The van der Waals surface area contributed by atoms with Crippen molar-refractivity contribution in [3.05, 3.63) is 0 Å². The summed E-state index contributed by atoms with van der Waals surface area (Å²) in [6.07, 6.45) is 10.5. The van der Waals surface area contributed by atoms with E-state index in [1.54, 1.807) is 0 Å². The standard InChI is InChI=1S/C14H30O2/c1-3-5-7-9-14(10-8-6-4-2)13-16-12-11-15/h14-15H,3-13H2,1-2H3. The average molecular weight is 230 g/mol. The van der Waals surface area contributed by atoms with Gasteiger partial charge in [0.05, 0.1) is 13.2 Å². The molecule has 16 heavy (non-hydrogen) atoms. The van der Waals surface area contributed by atoms with Crippen molar-refractivity contribution in [3.8, 4) is 0 Å². The molecule has 0 heterocycles. The molecule has 0 aliphatic carbocycles. The van der Waals surface area contributed by atoms with Gasteiger partial charge >= 0.3 is 0 Å². The Hall–Kier alpha value is -0.0800. The van der Waals surface area contributed by atoms with E-state index in [0.29, 0.717) is 12.5 Å². The number of unbranched alkanes of at least 4 members (excludes halogenated alkanes) is 4. The van der Waals surface area contributed by atoms with Crippen LogP contribution in [0.3, 0.4) is 0 Å². The summed E-state index contributed by atoms with van der Waals surface area (Å²) in [5.74, 6) is 0.713. The third kappa shape index (κ3) is 10.4. The van der Waals surface area contributed by atoms with Crippen LogP contribution in [-0.4, -0.2) is 24.9 Å². The zero-order valence-corrected chi connectivity index (χ0v) is 11.2. The van der Waals surface area contributed by atoms with Crippen LogP contribution in [0.15, 0.2) is 0 Å². The average Bonchev–Trinajstić information content (AvgIpc) is 2.29. The summed E-state index contributed by atoms with van der Waals surface area (Å²) in [7, 11) is 0. The van der Waals surface area contributed by atoms with Crippen molar-refractivity contribution in [1.29, 1.82) is 0 Å². The van der Waals surface area contributed by atoms with Gasteiger partial charge in [0, 0.05) is 6.61 Å². The van der Waals surface area contributed by atoms with E-state index in [0.717, 1.165) is 6.61 Å². The Morgan fingerprint density at radius 1 is 0.938 bits per heavy atom. The largest absolute Gasteiger partial charge is 0.394 e. The van der Waals surface area contributed by atoms with Crippen LogP contribution in [0.5, 0.6) is 0 Å². The van der Waals surface area contributed by atoms with Gasteiger partial charge in [0.2, 0.25) is 0 Å². The smallest absolute Gasteiger partial charge is 0.0697 e. The Labute approximate surface area is 101 Å². The molecule has 0 radical (unpaired) electrons. The first-order valence-corrected chi connectivity index (χ1v) is 7.03. The van der Waals surface area contributed by atoms with E-state index in [9.17, 15) is 0 Å². The molecule has 1 N–H and O–H groups in total. The van der Waals surface area contributed by atoms with Crippen LogP contribution in [0.2, 0.25) is 0 Å². The topological polar surface area (TPSA) is 29.5 Å². The van der Waals surface area contributed by atoms with Crippen molar-refractivity contribution in [3.63, 3.8) is 0 Å². The first-order chi connectivity index (χ1) is 7.85. The molecule has 2 nitrogen and oxygen atoms in total. The summed E-state index contributed by atoms with van der Waals surface area (Å²) < 4.78 is 5.46. The predicted octanol–water partition coefficient (Wildman–Crippen LogP) is 3.77. The summed E-state index contributed by atoms with van der Waals surface area (Å²) in [6.45, 7) is 5.98. The Morgan fingerprint density at radius 3 is 1.94 bits per heavy atom. The predicted molar refractivity (Wildman–Crippen MR) is 69.7 cm³/mol. The molecular weight excluding hydrogens is 200 g/mol. The summed E-state index contributed by atoms with van der Waals surface area (Å²) in [4.78, 5) is 0. The van der Waals surface area contributed by atoms with Crippen LogP contribution in [-0.2, 0) is 4.74 Å². The molecular formula is C14H30O2. The minimum Gasteiger partial charge on any atom is -0.394 e. The highest BCUT2D eigenvalue weighted by molar-refractivity contribution is 4.59. The first-order valence-electron chi connectivity index (χ1n) is 7.03. The fourth-order valence-electron chi connectivity index (χ4n) is 1.99. The van der Waals surface area contributed by atoms with Crippen molar-refractivity contribution in [2.75, 3.05) is 19.8 Å². The maximum atomic E-state index is 8.68. The van der Waals surface area contributed by atoms with Gasteiger partial charge in [-0.3, -0.25) is 0 Å². The maximum absolute atomic E-state index is 8.68. The SMILES string of the molecule is CCCCCC(CCCCC)COCCO. The van der Waals surface area contributed by atoms with Crippen LogP contribution < -0.4 is 0 Å². The molecule has 2 heteroatoms. The number of hydrogen-bond donors (Lipinski definition) is 1. The van der Waals surface area contributed by atoms with Crippen molar-refractivity contribution in [1.82, 2.24) is 0 Å². The molecule has 98 valence electrons. The molecule has 0 spiro atoms. The van der Waals surface area contributed by atoms with Crippen molar-refractivity contribution >= 4 is 0 Å². The Kier molecular flexibility index (Phi) is 12.9. The number of ether oxygens (including phenoxy) is 1. The maximum Gasteiger partial charge on any atom is 0.0697 e. The van der Waals surface area contributed by atoms with Gasteiger partial charge < -0.3 is 9.84 Å². The quantitative estimate of drug-likeness (QED) is 0.517. The molecule has 0 aromatic rings. The summed E-state index contributed by atoms with van der Waals surface area (Å²) >= 11 is 0. The van der Waals surface area contributed by atoms with Crippen LogP contribution >= 0.6 is 0 Å². The number of aliphatic hydroxyl groups excluding tert-OH is 1. The molecule has 0 atom stereocenters. The minimum atomic E-state index is 0.149. The third-order valence-corrected chi connectivity index (χ3v) is 3.02. The number of hydrogen-bond acceptors (Lipinski definition) is 2. The first kappa shape index (κ1) is 15.9. The van der Waals surface area contributed by atoms with Gasteiger partial charge in [0.1, 0.15) is 0 Å². The van der Waals surface area contributed by atoms with Gasteiger partial charge in [0.25, 0.3) is 0 Å².